The van der Waals surface area contributed by atoms with E-state index in [0.717, 1.165) is 42.6 Å². The quantitative estimate of drug-likeness (QED) is 0.653. The van der Waals surface area contributed by atoms with Crippen molar-refractivity contribution in [1.29, 1.82) is 0 Å². The minimum atomic E-state index is 0.218. The van der Waals surface area contributed by atoms with Gasteiger partial charge in [-0.1, -0.05) is 13.8 Å². The van der Waals surface area contributed by atoms with Crippen molar-refractivity contribution in [2.75, 3.05) is 13.7 Å². The van der Waals surface area contributed by atoms with E-state index in [4.69, 9.17) is 4.74 Å². The Labute approximate surface area is 182 Å². The maximum absolute atomic E-state index is 13.3. The molecule has 1 aromatic rings. The molecule has 0 radical (unpaired) electrons. The van der Waals surface area contributed by atoms with Gasteiger partial charge in [-0.15, -0.1) is 0 Å². The Kier molecular flexibility index (Phi) is 5.36. The van der Waals surface area contributed by atoms with Gasteiger partial charge in [0.2, 0.25) is 0 Å². The minimum absolute atomic E-state index is 0.218. The molecule has 4 aliphatic carbocycles. The van der Waals surface area contributed by atoms with Gasteiger partial charge in [-0.3, -0.25) is 4.79 Å². The van der Waals surface area contributed by atoms with Crippen LogP contribution >= 0.6 is 0 Å². The van der Waals surface area contributed by atoms with Crippen LogP contribution in [0.5, 0.6) is 0 Å². The number of rotatable bonds is 5. The Hall–Kier alpha value is -1.16. The van der Waals surface area contributed by atoms with Gasteiger partial charge >= 0.3 is 0 Å². The molecule has 1 aromatic heterocycles. The fourth-order valence-corrected chi connectivity index (χ4v) is 8.93. The van der Waals surface area contributed by atoms with Crippen LogP contribution in [0.25, 0.3) is 0 Å². The van der Waals surface area contributed by atoms with Crippen LogP contribution in [-0.4, -0.2) is 29.1 Å². The molecular formula is C26H40N2O2. The predicted molar refractivity (Wildman–Crippen MR) is 118 cm³/mol. The number of carbonyl (C=O) groups is 1. The molecule has 4 nitrogen and oxygen atoms in total. The highest BCUT2D eigenvalue weighted by atomic mass is 16.5. The summed E-state index contributed by atoms with van der Waals surface area (Å²) in [5.74, 6) is 4.82. The van der Waals surface area contributed by atoms with E-state index in [1.54, 1.807) is 12.5 Å². The van der Waals surface area contributed by atoms with Crippen LogP contribution in [0.15, 0.2) is 18.7 Å². The second-order valence-electron chi connectivity index (χ2n) is 11.6. The molecule has 0 saturated heterocycles. The molecule has 0 bridgehead atoms. The topological polar surface area (TPSA) is 44.1 Å². The van der Waals surface area contributed by atoms with Gasteiger partial charge in [0, 0.05) is 32.0 Å². The van der Waals surface area contributed by atoms with Gasteiger partial charge in [-0.25, -0.2) is 4.98 Å². The third kappa shape index (κ3) is 3.20. The van der Waals surface area contributed by atoms with Gasteiger partial charge in [-0.2, -0.15) is 0 Å². The van der Waals surface area contributed by atoms with E-state index in [9.17, 15) is 4.79 Å². The highest BCUT2D eigenvalue weighted by molar-refractivity contribution is 5.82. The van der Waals surface area contributed by atoms with E-state index in [-0.39, 0.29) is 11.3 Å². The molecule has 4 saturated carbocycles. The Bertz CT molecular complexity index is 761. The van der Waals surface area contributed by atoms with Gasteiger partial charge in [0.05, 0.1) is 12.9 Å². The molecular weight excluding hydrogens is 372 g/mol. The van der Waals surface area contributed by atoms with Gasteiger partial charge < -0.3 is 9.30 Å². The van der Waals surface area contributed by atoms with Crippen LogP contribution in [0, 0.1) is 46.3 Å². The van der Waals surface area contributed by atoms with Crippen molar-refractivity contribution in [3.8, 4) is 0 Å². The summed E-state index contributed by atoms with van der Waals surface area (Å²) in [4.78, 5) is 17.4. The fourth-order valence-electron chi connectivity index (χ4n) is 8.93. The summed E-state index contributed by atoms with van der Waals surface area (Å²) in [5, 5.41) is 0. The number of nitrogens with zero attached hydrogens (tertiary/aromatic N) is 2. The summed E-state index contributed by atoms with van der Waals surface area (Å²) < 4.78 is 7.46. The normalized spacial score (nSPS) is 45.4. The van der Waals surface area contributed by atoms with Crippen LogP contribution in [0.1, 0.15) is 71.6 Å². The molecule has 8 atom stereocenters. The average molecular weight is 413 g/mol. The van der Waals surface area contributed by atoms with E-state index >= 15 is 0 Å². The number of hydrogen-bond donors (Lipinski definition) is 0. The van der Waals surface area contributed by atoms with Crippen molar-refractivity contribution in [2.24, 2.45) is 46.3 Å². The second kappa shape index (κ2) is 7.76. The van der Waals surface area contributed by atoms with Crippen LogP contribution < -0.4 is 0 Å². The number of ether oxygens (including phenoxy) is 1. The molecule has 0 amide bonds. The average Bonchev–Trinajstić information content (AvgIpc) is 3.35. The zero-order valence-electron chi connectivity index (χ0n) is 19.2. The molecule has 7 unspecified atom stereocenters. The molecule has 4 aliphatic rings. The smallest absolute Gasteiger partial charge is 0.156 e. The summed E-state index contributed by atoms with van der Waals surface area (Å²) in [7, 11) is 1.86. The largest absolute Gasteiger partial charge is 0.384 e. The number of aromatic nitrogens is 2. The number of fused-ring (bicyclic) bond motifs is 5. The number of imidazole rings is 1. The first kappa shape index (κ1) is 20.7. The minimum Gasteiger partial charge on any atom is -0.384 e. The number of ketones is 1. The number of carbonyl (C=O) groups excluding carboxylic acids is 1. The zero-order chi connectivity index (χ0) is 20.9. The van der Waals surface area contributed by atoms with Crippen molar-refractivity contribution in [3.05, 3.63) is 18.7 Å². The fraction of sp³-hybridized carbons (Fsp3) is 0.846. The molecule has 30 heavy (non-hydrogen) atoms. The van der Waals surface area contributed by atoms with Crippen molar-refractivity contribution >= 4 is 5.78 Å². The van der Waals surface area contributed by atoms with Crippen LogP contribution in [0.2, 0.25) is 0 Å². The van der Waals surface area contributed by atoms with Crippen molar-refractivity contribution in [2.45, 2.75) is 78.2 Å². The highest BCUT2D eigenvalue weighted by Crippen LogP contribution is 2.67. The van der Waals surface area contributed by atoms with Crippen LogP contribution in [0.3, 0.4) is 0 Å². The van der Waals surface area contributed by atoms with Crippen molar-refractivity contribution < 1.29 is 9.53 Å². The van der Waals surface area contributed by atoms with Gasteiger partial charge in [0.15, 0.2) is 5.78 Å². The second-order valence-corrected chi connectivity index (χ2v) is 11.6. The van der Waals surface area contributed by atoms with Gasteiger partial charge in [0.25, 0.3) is 0 Å². The first-order valence-electron chi connectivity index (χ1n) is 12.4. The van der Waals surface area contributed by atoms with Crippen molar-refractivity contribution in [3.63, 3.8) is 0 Å². The van der Waals surface area contributed by atoms with E-state index in [1.807, 2.05) is 17.9 Å². The summed E-state index contributed by atoms with van der Waals surface area (Å²) in [5.41, 5.74) is 0.739. The van der Waals surface area contributed by atoms with E-state index in [1.165, 1.54) is 51.4 Å². The standard InChI is InChI=1S/C26H40N2O2/c1-25-10-8-18(16-30-3)14-19(25)4-5-20-21-6-7-23(26(21,2)11-9-22(20)25)24(29)15-28-13-12-27-17-28/h12-13,17-23H,4-11,14-16H2,1-3H3/t18?,19?,20?,21?,22?,23-,25?,26?/m1/s1. The lowest BCUT2D eigenvalue weighted by atomic mass is 9.44. The van der Waals surface area contributed by atoms with Crippen LogP contribution in [-0.2, 0) is 16.1 Å². The number of Topliss-reactive ketones (excluding diaryl/α,β-unsaturated/α-hetero) is 1. The SMILES string of the molecule is COCC1CCC2(C)C(CCC3C2CCC2(C)C3CC[C@@H]2C(=O)Cn2ccnc2)C1. The van der Waals surface area contributed by atoms with Gasteiger partial charge in [-0.05, 0) is 98.2 Å². The number of methoxy groups -OCH3 is 1. The lowest BCUT2D eigenvalue weighted by Gasteiger charge is -2.61. The molecule has 4 fully saturated rings. The lowest BCUT2D eigenvalue weighted by molar-refractivity contribution is -0.138. The molecule has 4 heteroatoms. The zero-order valence-corrected chi connectivity index (χ0v) is 19.2. The molecule has 0 N–H and O–H groups in total. The molecule has 0 aromatic carbocycles. The summed E-state index contributed by atoms with van der Waals surface area (Å²) in [6, 6.07) is 0. The summed E-state index contributed by atoms with van der Waals surface area (Å²) >= 11 is 0. The first-order valence-corrected chi connectivity index (χ1v) is 12.4. The Morgan fingerprint density at radius 3 is 2.63 bits per heavy atom. The predicted octanol–water partition coefficient (Wildman–Crippen LogP) is 5.37. The maximum Gasteiger partial charge on any atom is 0.156 e. The maximum atomic E-state index is 13.3. The lowest BCUT2D eigenvalue weighted by Crippen LogP contribution is -2.54. The molecule has 1 heterocycles. The molecule has 166 valence electrons. The third-order valence-electron chi connectivity index (χ3n) is 10.5. The van der Waals surface area contributed by atoms with E-state index in [0.29, 0.717) is 17.7 Å². The molecule has 0 spiro atoms. The Morgan fingerprint density at radius 1 is 1.07 bits per heavy atom. The monoisotopic (exact) mass is 412 g/mol. The Morgan fingerprint density at radius 2 is 1.87 bits per heavy atom. The van der Waals surface area contributed by atoms with Gasteiger partial charge in [0.1, 0.15) is 0 Å². The number of hydrogen-bond acceptors (Lipinski definition) is 3. The Balaban J connectivity index is 1.32. The van der Waals surface area contributed by atoms with E-state index < -0.39 is 0 Å². The van der Waals surface area contributed by atoms with Crippen molar-refractivity contribution in [1.82, 2.24) is 9.55 Å². The van der Waals surface area contributed by atoms with E-state index in [2.05, 4.69) is 18.8 Å². The third-order valence-corrected chi connectivity index (χ3v) is 10.5. The first-order chi connectivity index (χ1) is 14.5. The van der Waals surface area contributed by atoms with Crippen LogP contribution in [0.4, 0.5) is 0 Å². The highest BCUT2D eigenvalue weighted by Gasteiger charge is 2.61. The molecule has 5 rings (SSSR count). The summed E-state index contributed by atoms with van der Waals surface area (Å²) in [6.07, 6.45) is 17.4. The summed E-state index contributed by atoms with van der Waals surface area (Å²) in [6.45, 7) is 6.56. The molecule has 0 aliphatic heterocycles.